The first-order valence-corrected chi connectivity index (χ1v) is 12.3. The van der Waals surface area contributed by atoms with Crippen LogP contribution in [0.4, 0.5) is 15.6 Å². The van der Waals surface area contributed by atoms with Gasteiger partial charge in [0.1, 0.15) is 0 Å². The average Bonchev–Trinajstić information content (AvgIpc) is 3.47. The van der Waals surface area contributed by atoms with E-state index in [1.807, 2.05) is 0 Å². The number of esters is 2. The number of hydrogen-bond donors (Lipinski definition) is 2. The molecule has 9 nitrogen and oxygen atoms in total. The van der Waals surface area contributed by atoms with E-state index in [1.54, 1.807) is 37.4 Å². The van der Waals surface area contributed by atoms with Crippen LogP contribution in [0.1, 0.15) is 61.1 Å². The maximum absolute atomic E-state index is 13.2. The molecule has 1 saturated carbocycles. The third kappa shape index (κ3) is 7.11. The predicted octanol–water partition coefficient (Wildman–Crippen LogP) is 4.37. The Hall–Kier alpha value is -3.27. The molecule has 1 aliphatic rings. The number of Topliss-reactive ketones (excluding diaryl/α,β-unsaturated/α-hetero) is 1. The van der Waals surface area contributed by atoms with Gasteiger partial charge in [0, 0.05) is 16.9 Å². The van der Waals surface area contributed by atoms with E-state index in [9.17, 15) is 19.2 Å². The number of nitrogens with one attached hydrogen (secondary N) is 2. The van der Waals surface area contributed by atoms with Gasteiger partial charge in [-0.25, -0.2) is 9.78 Å². The molecule has 182 valence electrons. The van der Waals surface area contributed by atoms with Crippen LogP contribution in [0.3, 0.4) is 0 Å². The fraction of sp³-hybridized carbons (Fsp3) is 0.458. The van der Waals surface area contributed by atoms with Crippen molar-refractivity contribution in [2.24, 2.45) is 5.92 Å². The molecule has 0 radical (unpaired) electrons. The molecule has 1 fully saturated rings. The highest BCUT2D eigenvalue weighted by Crippen LogP contribution is 2.31. The first-order chi connectivity index (χ1) is 16.4. The molecule has 10 heteroatoms. The van der Waals surface area contributed by atoms with Gasteiger partial charge in [-0.05, 0) is 44.4 Å². The Morgan fingerprint density at radius 1 is 1.00 bits per heavy atom. The summed E-state index contributed by atoms with van der Waals surface area (Å²) in [7, 11) is 0. The van der Waals surface area contributed by atoms with Gasteiger partial charge in [-0.2, -0.15) is 0 Å². The molecule has 0 atom stereocenters. The summed E-state index contributed by atoms with van der Waals surface area (Å²) in [5.74, 6) is -0.889. The Morgan fingerprint density at radius 2 is 1.68 bits per heavy atom. The van der Waals surface area contributed by atoms with Gasteiger partial charge in [-0.1, -0.05) is 18.9 Å². The standard InChI is InChI=1S/C24H29N3O6S/c1-3-32-20(28)12-15-9-10-19(18(11-15)22(30)16-7-5-6-8-16)26-23(31)27-24-25-17(14-34-24)13-21(29)33-4-2/h9-11,14,16H,3-8,12-13H2,1-2H3,(H2,25,26,27,31). The van der Waals surface area contributed by atoms with Gasteiger partial charge in [0.15, 0.2) is 10.9 Å². The number of aromatic nitrogens is 1. The van der Waals surface area contributed by atoms with Gasteiger partial charge in [0.25, 0.3) is 0 Å². The highest BCUT2D eigenvalue weighted by atomic mass is 32.1. The van der Waals surface area contributed by atoms with Crippen molar-refractivity contribution in [3.63, 3.8) is 0 Å². The molecule has 0 unspecified atom stereocenters. The fourth-order valence-corrected chi connectivity index (χ4v) is 4.56. The zero-order valence-corrected chi connectivity index (χ0v) is 20.2. The number of urea groups is 1. The van der Waals surface area contributed by atoms with Crippen LogP contribution in [0, 0.1) is 5.92 Å². The van der Waals surface area contributed by atoms with Crippen LogP contribution in [-0.2, 0) is 31.9 Å². The molecular formula is C24H29N3O6S. The summed E-state index contributed by atoms with van der Waals surface area (Å²) in [5.41, 5.74) is 1.89. The summed E-state index contributed by atoms with van der Waals surface area (Å²) >= 11 is 1.18. The van der Waals surface area contributed by atoms with Crippen LogP contribution < -0.4 is 10.6 Å². The zero-order chi connectivity index (χ0) is 24.5. The Morgan fingerprint density at radius 3 is 2.35 bits per heavy atom. The minimum absolute atomic E-state index is 0.0234. The maximum atomic E-state index is 13.2. The predicted molar refractivity (Wildman–Crippen MR) is 128 cm³/mol. The molecule has 0 bridgehead atoms. The lowest BCUT2D eigenvalue weighted by Crippen LogP contribution is -2.22. The second-order valence-corrected chi connectivity index (χ2v) is 8.77. The van der Waals surface area contributed by atoms with Crippen molar-refractivity contribution in [2.45, 2.75) is 52.4 Å². The highest BCUT2D eigenvalue weighted by Gasteiger charge is 2.26. The van der Waals surface area contributed by atoms with E-state index >= 15 is 0 Å². The molecule has 0 spiro atoms. The molecular weight excluding hydrogens is 458 g/mol. The summed E-state index contributed by atoms with van der Waals surface area (Å²) in [6.07, 6.45) is 3.70. The Balaban J connectivity index is 1.72. The van der Waals surface area contributed by atoms with Crippen LogP contribution in [0.5, 0.6) is 0 Å². The fourth-order valence-electron chi connectivity index (χ4n) is 3.86. The Bertz CT molecular complexity index is 1050. The van der Waals surface area contributed by atoms with Crippen molar-refractivity contribution < 1.29 is 28.7 Å². The quantitative estimate of drug-likeness (QED) is 0.377. The van der Waals surface area contributed by atoms with E-state index in [4.69, 9.17) is 9.47 Å². The van der Waals surface area contributed by atoms with Crippen molar-refractivity contribution >= 4 is 45.9 Å². The maximum Gasteiger partial charge on any atom is 0.325 e. The van der Waals surface area contributed by atoms with Gasteiger partial charge in [0.05, 0.1) is 37.4 Å². The van der Waals surface area contributed by atoms with Gasteiger partial charge in [0.2, 0.25) is 0 Å². The summed E-state index contributed by atoms with van der Waals surface area (Å²) in [6.45, 7) is 4.04. The Kier molecular flexibility index (Phi) is 9.15. The zero-order valence-electron chi connectivity index (χ0n) is 19.3. The van der Waals surface area contributed by atoms with Gasteiger partial charge in [-0.15, -0.1) is 11.3 Å². The molecule has 1 heterocycles. The van der Waals surface area contributed by atoms with Crippen molar-refractivity contribution in [1.29, 1.82) is 0 Å². The summed E-state index contributed by atoms with van der Waals surface area (Å²) in [5, 5.41) is 7.35. The van der Waals surface area contributed by atoms with E-state index < -0.39 is 6.03 Å². The van der Waals surface area contributed by atoms with E-state index in [2.05, 4.69) is 15.6 Å². The number of carbonyl (C=O) groups is 4. The van der Waals surface area contributed by atoms with Crippen molar-refractivity contribution in [3.8, 4) is 0 Å². The molecule has 3 rings (SSSR count). The van der Waals surface area contributed by atoms with Gasteiger partial charge in [-0.3, -0.25) is 19.7 Å². The molecule has 1 aliphatic carbocycles. The summed E-state index contributed by atoms with van der Waals surface area (Å²) < 4.78 is 9.91. The lowest BCUT2D eigenvalue weighted by molar-refractivity contribution is -0.143. The van der Waals surface area contributed by atoms with Crippen molar-refractivity contribution in [3.05, 3.63) is 40.4 Å². The lowest BCUT2D eigenvalue weighted by Gasteiger charge is -2.15. The Labute approximate surface area is 202 Å². The molecule has 34 heavy (non-hydrogen) atoms. The molecule has 1 aromatic heterocycles. The number of nitrogens with zero attached hydrogens (tertiary/aromatic N) is 1. The number of ketones is 1. The third-order valence-electron chi connectivity index (χ3n) is 5.38. The normalized spacial score (nSPS) is 13.4. The van der Waals surface area contributed by atoms with Crippen LogP contribution in [0.15, 0.2) is 23.6 Å². The second kappa shape index (κ2) is 12.3. The van der Waals surface area contributed by atoms with Gasteiger partial charge < -0.3 is 14.8 Å². The van der Waals surface area contributed by atoms with Crippen molar-refractivity contribution in [2.75, 3.05) is 23.8 Å². The van der Waals surface area contributed by atoms with Crippen molar-refractivity contribution in [1.82, 2.24) is 4.98 Å². The SMILES string of the molecule is CCOC(=O)Cc1ccc(NC(=O)Nc2nc(CC(=O)OCC)cs2)c(C(=O)C2CCCC2)c1. The van der Waals surface area contributed by atoms with Crippen LogP contribution >= 0.6 is 11.3 Å². The molecule has 2 N–H and O–H groups in total. The number of thiazole rings is 1. The summed E-state index contributed by atoms with van der Waals surface area (Å²) in [6, 6.07) is 4.42. The smallest absolute Gasteiger partial charge is 0.325 e. The highest BCUT2D eigenvalue weighted by molar-refractivity contribution is 7.14. The number of ether oxygens (including phenoxy) is 2. The van der Waals surface area contributed by atoms with Crippen LogP contribution in [0.2, 0.25) is 0 Å². The number of rotatable bonds is 10. The third-order valence-corrected chi connectivity index (χ3v) is 6.19. The van der Waals surface area contributed by atoms with Crippen LogP contribution in [0.25, 0.3) is 0 Å². The first kappa shape index (κ1) is 25.4. The van der Waals surface area contributed by atoms with E-state index in [0.29, 0.717) is 27.6 Å². The number of anilines is 2. The number of benzene rings is 1. The lowest BCUT2D eigenvalue weighted by atomic mass is 9.93. The number of carbonyl (C=O) groups excluding carboxylic acids is 4. The van der Waals surface area contributed by atoms with Gasteiger partial charge >= 0.3 is 18.0 Å². The molecule has 2 amide bonds. The van der Waals surface area contributed by atoms with E-state index in [-0.39, 0.29) is 49.7 Å². The molecule has 2 aromatic rings. The summed E-state index contributed by atoms with van der Waals surface area (Å²) in [4.78, 5) is 53.5. The molecule has 0 aliphatic heterocycles. The first-order valence-electron chi connectivity index (χ1n) is 11.4. The topological polar surface area (TPSA) is 124 Å². The van der Waals surface area contributed by atoms with Crippen LogP contribution in [-0.4, -0.2) is 42.0 Å². The molecule has 1 aromatic carbocycles. The minimum atomic E-state index is -0.560. The number of hydrogen-bond acceptors (Lipinski definition) is 8. The molecule has 0 saturated heterocycles. The largest absolute Gasteiger partial charge is 0.466 e. The number of amides is 2. The minimum Gasteiger partial charge on any atom is -0.466 e. The average molecular weight is 488 g/mol. The van der Waals surface area contributed by atoms with E-state index in [0.717, 1.165) is 25.7 Å². The second-order valence-electron chi connectivity index (χ2n) is 7.91. The monoisotopic (exact) mass is 487 g/mol. The van der Waals surface area contributed by atoms with E-state index in [1.165, 1.54) is 11.3 Å².